The third-order valence-corrected chi connectivity index (χ3v) is 3.58. The normalized spacial score (nSPS) is 11.9. The van der Waals surface area contributed by atoms with Gasteiger partial charge in [0.15, 0.2) is 0 Å². The fourth-order valence-corrected chi connectivity index (χ4v) is 2.42. The van der Waals surface area contributed by atoms with E-state index in [4.69, 9.17) is 9.84 Å². The lowest BCUT2D eigenvalue weighted by Crippen LogP contribution is -2.44. The van der Waals surface area contributed by atoms with E-state index in [-0.39, 0.29) is 31.0 Å². The highest BCUT2D eigenvalue weighted by Gasteiger charge is 2.13. The summed E-state index contributed by atoms with van der Waals surface area (Å²) in [6.45, 7) is 2.11. The van der Waals surface area contributed by atoms with Gasteiger partial charge in [0.2, 0.25) is 5.91 Å². The number of thiophene rings is 1. The number of hydrogen-bond donors (Lipinski definition) is 3. The van der Waals surface area contributed by atoms with Crippen LogP contribution in [0.3, 0.4) is 0 Å². The summed E-state index contributed by atoms with van der Waals surface area (Å²) in [6, 6.07) is 3.33. The quantitative estimate of drug-likeness (QED) is 0.644. The van der Waals surface area contributed by atoms with Gasteiger partial charge in [-0.25, -0.2) is 0 Å². The van der Waals surface area contributed by atoms with Crippen molar-refractivity contribution in [3.63, 3.8) is 0 Å². The lowest BCUT2D eigenvalue weighted by Gasteiger charge is -2.16. The monoisotopic (exact) mass is 300 g/mol. The standard InChI is InChI=1S/C13H20N2O4S/c1-9-3-4-11(20-9)13(18)14-7-12(17)15-10(5-6-16)8-19-2/h3-4,10,16H,5-8H2,1-2H3,(H,14,18)(H,15,17). The summed E-state index contributed by atoms with van der Waals surface area (Å²) in [5.74, 6) is -0.564. The molecule has 0 radical (unpaired) electrons. The van der Waals surface area contributed by atoms with Gasteiger partial charge < -0.3 is 20.5 Å². The van der Waals surface area contributed by atoms with Crippen molar-refractivity contribution in [2.24, 2.45) is 0 Å². The summed E-state index contributed by atoms with van der Waals surface area (Å²) in [4.78, 5) is 25.1. The molecule has 0 aliphatic heterocycles. The van der Waals surface area contributed by atoms with E-state index in [1.807, 2.05) is 13.0 Å². The van der Waals surface area contributed by atoms with E-state index in [2.05, 4.69) is 10.6 Å². The first-order valence-corrected chi connectivity index (χ1v) is 7.12. The Kier molecular flexibility index (Phi) is 7.21. The van der Waals surface area contributed by atoms with Crippen molar-refractivity contribution in [2.45, 2.75) is 19.4 Å². The van der Waals surface area contributed by atoms with Crippen molar-refractivity contribution >= 4 is 23.2 Å². The Balaban J connectivity index is 2.36. The van der Waals surface area contributed by atoms with Crippen molar-refractivity contribution in [1.29, 1.82) is 0 Å². The summed E-state index contributed by atoms with van der Waals surface area (Å²) in [6.07, 6.45) is 0.414. The van der Waals surface area contributed by atoms with E-state index in [1.54, 1.807) is 6.07 Å². The van der Waals surface area contributed by atoms with Crippen molar-refractivity contribution in [1.82, 2.24) is 10.6 Å². The minimum atomic E-state index is -0.304. The number of hydrogen-bond acceptors (Lipinski definition) is 5. The van der Waals surface area contributed by atoms with E-state index in [1.165, 1.54) is 18.4 Å². The molecule has 0 aromatic carbocycles. The maximum Gasteiger partial charge on any atom is 0.261 e. The Morgan fingerprint density at radius 1 is 1.45 bits per heavy atom. The lowest BCUT2D eigenvalue weighted by atomic mass is 10.2. The van der Waals surface area contributed by atoms with E-state index >= 15 is 0 Å². The highest BCUT2D eigenvalue weighted by molar-refractivity contribution is 7.13. The molecule has 0 aliphatic rings. The number of methoxy groups -OCH3 is 1. The zero-order valence-corrected chi connectivity index (χ0v) is 12.5. The largest absolute Gasteiger partial charge is 0.396 e. The van der Waals surface area contributed by atoms with Gasteiger partial charge in [0.25, 0.3) is 5.91 Å². The smallest absolute Gasteiger partial charge is 0.261 e. The van der Waals surface area contributed by atoms with Crippen LogP contribution in [0.4, 0.5) is 0 Å². The molecule has 7 heteroatoms. The van der Waals surface area contributed by atoms with Gasteiger partial charge in [-0.15, -0.1) is 11.3 Å². The van der Waals surface area contributed by atoms with Crippen LogP contribution >= 0.6 is 11.3 Å². The van der Waals surface area contributed by atoms with Crippen molar-refractivity contribution < 1.29 is 19.4 Å². The Hall–Kier alpha value is -1.44. The van der Waals surface area contributed by atoms with Gasteiger partial charge in [-0.2, -0.15) is 0 Å². The number of aliphatic hydroxyl groups excluding tert-OH is 1. The predicted molar refractivity (Wildman–Crippen MR) is 76.9 cm³/mol. The Bertz CT molecular complexity index is 441. The molecule has 112 valence electrons. The molecular formula is C13H20N2O4S. The number of amides is 2. The van der Waals surface area contributed by atoms with Crippen molar-refractivity contribution in [3.8, 4) is 0 Å². The molecule has 0 aliphatic carbocycles. The molecule has 1 atom stereocenters. The van der Waals surface area contributed by atoms with Gasteiger partial charge in [-0.3, -0.25) is 9.59 Å². The van der Waals surface area contributed by atoms with E-state index in [9.17, 15) is 9.59 Å². The van der Waals surface area contributed by atoms with Crippen LogP contribution in [0.1, 0.15) is 21.0 Å². The second kappa shape index (κ2) is 8.68. The van der Waals surface area contributed by atoms with Crippen LogP contribution in [0.15, 0.2) is 12.1 Å². The van der Waals surface area contributed by atoms with Crippen LogP contribution < -0.4 is 10.6 Å². The molecule has 0 bridgehead atoms. The lowest BCUT2D eigenvalue weighted by molar-refractivity contribution is -0.121. The third kappa shape index (κ3) is 5.68. The second-order valence-electron chi connectivity index (χ2n) is 4.33. The van der Waals surface area contributed by atoms with Gasteiger partial charge in [-0.05, 0) is 25.5 Å². The van der Waals surface area contributed by atoms with E-state index in [0.717, 1.165) is 4.88 Å². The Morgan fingerprint density at radius 2 is 2.20 bits per heavy atom. The molecule has 0 fully saturated rings. The molecular weight excluding hydrogens is 280 g/mol. The minimum Gasteiger partial charge on any atom is -0.396 e. The zero-order valence-electron chi connectivity index (χ0n) is 11.6. The number of ether oxygens (including phenoxy) is 1. The van der Waals surface area contributed by atoms with Crippen molar-refractivity contribution in [2.75, 3.05) is 26.9 Å². The minimum absolute atomic E-state index is 0.0326. The number of carbonyl (C=O) groups is 2. The highest BCUT2D eigenvalue weighted by Crippen LogP contribution is 2.14. The van der Waals surface area contributed by atoms with Gasteiger partial charge in [0, 0.05) is 18.6 Å². The number of aryl methyl sites for hydroxylation is 1. The van der Waals surface area contributed by atoms with Gasteiger partial charge >= 0.3 is 0 Å². The van der Waals surface area contributed by atoms with Gasteiger partial charge in [0.1, 0.15) is 0 Å². The summed E-state index contributed by atoms with van der Waals surface area (Å²) < 4.78 is 4.94. The molecule has 1 heterocycles. The number of nitrogens with one attached hydrogen (secondary N) is 2. The molecule has 2 amide bonds. The number of carbonyl (C=O) groups excluding carboxylic acids is 2. The van der Waals surface area contributed by atoms with Crippen molar-refractivity contribution in [3.05, 3.63) is 21.9 Å². The van der Waals surface area contributed by atoms with Crippen LogP contribution in [0.2, 0.25) is 0 Å². The van der Waals surface area contributed by atoms with Crippen LogP contribution in [0, 0.1) is 6.92 Å². The average molecular weight is 300 g/mol. The number of aliphatic hydroxyl groups is 1. The maximum atomic E-state index is 11.8. The van der Waals surface area contributed by atoms with Crippen LogP contribution in [0.5, 0.6) is 0 Å². The third-order valence-electron chi connectivity index (χ3n) is 2.58. The maximum absolute atomic E-state index is 11.8. The molecule has 6 nitrogen and oxygen atoms in total. The Labute approximate surface area is 122 Å². The van der Waals surface area contributed by atoms with E-state index < -0.39 is 0 Å². The predicted octanol–water partition coefficient (Wildman–Crippen LogP) is 0.300. The van der Waals surface area contributed by atoms with Crippen LogP contribution in [-0.2, 0) is 9.53 Å². The molecule has 1 unspecified atom stereocenters. The molecule has 1 aromatic rings. The molecule has 20 heavy (non-hydrogen) atoms. The summed E-state index contributed by atoms with van der Waals surface area (Å²) >= 11 is 1.38. The zero-order chi connectivity index (χ0) is 15.0. The second-order valence-corrected chi connectivity index (χ2v) is 5.61. The first-order valence-electron chi connectivity index (χ1n) is 6.30. The molecule has 1 rings (SSSR count). The summed E-state index contributed by atoms with van der Waals surface area (Å²) in [7, 11) is 1.53. The fraction of sp³-hybridized carbons (Fsp3) is 0.538. The molecule has 1 aromatic heterocycles. The molecule has 0 saturated carbocycles. The first kappa shape index (κ1) is 16.6. The first-order chi connectivity index (χ1) is 9.56. The van der Waals surface area contributed by atoms with Crippen LogP contribution in [0.25, 0.3) is 0 Å². The van der Waals surface area contributed by atoms with Gasteiger partial charge in [0.05, 0.1) is 24.1 Å². The fourth-order valence-electron chi connectivity index (χ4n) is 1.64. The average Bonchev–Trinajstić information content (AvgIpc) is 2.83. The van der Waals surface area contributed by atoms with Crippen LogP contribution in [-0.4, -0.2) is 49.8 Å². The summed E-state index contributed by atoms with van der Waals surface area (Å²) in [5, 5.41) is 14.1. The van der Waals surface area contributed by atoms with E-state index in [0.29, 0.717) is 17.9 Å². The Morgan fingerprint density at radius 3 is 2.75 bits per heavy atom. The number of rotatable bonds is 8. The topological polar surface area (TPSA) is 87.7 Å². The molecule has 0 saturated heterocycles. The highest BCUT2D eigenvalue weighted by atomic mass is 32.1. The summed E-state index contributed by atoms with van der Waals surface area (Å²) in [5.41, 5.74) is 0. The molecule has 0 spiro atoms. The van der Waals surface area contributed by atoms with Gasteiger partial charge in [-0.1, -0.05) is 0 Å². The molecule has 3 N–H and O–H groups in total. The SMILES string of the molecule is COCC(CCO)NC(=O)CNC(=O)c1ccc(C)s1.